The summed E-state index contributed by atoms with van der Waals surface area (Å²) in [6.07, 6.45) is -0.00628. The van der Waals surface area contributed by atoms with Gasteiger partial charge in [0.25, 0.3) is 0 Å². The number of amides is 1. The second-order valence-corrected chi connectivity index (χ2v) is 3.88. The summed E-state index contributed by atoms with van der Waals surface area (Å²) in [5.41, 5.74) is 1.79. The van der Waals surface area contributed by atoms with Crippen LogP contribution in [-0.2, 0) is 11.2 Å². The number of rotatable bonds is 5. The van der Waals surface area contributed by atoms with Crippen molar-refractivity contribution in [3.8, 4) is 0 Å². The summed E-state index contributed by atoms with van der Waals surface area (Å²) in [7, 11) is 0. The molecule has 0 radical (unpaired) electrons. The maximum Gasteiger partial charge on any atom is 0.407 e. The van der Waals surface area contributed by atoms with Crippen molar-refractivity contribution in [2.45, 2.75) is 33.2 Å². The van der Waals surface area contributed by atoms with Crippen LogP contribution >= 0.6 is 0 Å². The molecular weight excluding hydrogens is 227 g/mol. The van der Waals surface area contributed by atoms with Crippen molar-refractivity contribution < 1.29 is 18.4 Å². The highest BCUT2D eigenvalue weighted by Crippen LogP contribution is 2.14. The van der Waals surface area contributed by atoms with Crippen molar-refractivity contribution >= 4 is 6.09 Å². The van der Waals surface area contributed by atoms with Crippen molar-refractivity contribution in [3.05, 3.63) is 17.0 Å². The zero-order chi connectivity index (χ0) is 12.8. The zero-order valence-corrected chi connectivity index (χ0v) is 10.2. The Balaban J connectivity index is 2.44. The molecule has 0 bridgehead atoms. The molecule has 0 saturated carbocycles. The van der Waals surface area contributed by atoms with Crippen molar-refractivity contribution in [3.63, 3.8) is 0 Å². The summed E-state index contributed by atoms with van der Waals surface area (Å²) >= 11 is 0. The van der Waals surface area contributed by atoms with Crippen molar-refractivity contribution in [2.24, 2.45) is 0 Å². The smallest absolute Gasteiger partial charge is 0.407 e. The Morgan fingerprint density at radius 2 is 2.29 bits per heavy atom. The fourth-order valence-electron chi connectivity index (χ4n) is 1.52. The molecule has 0 aromatic carbocycles. The van der Waals surface area contributed by atoms with Gasteiger partial charge in [-0.1, -0.05) is 5.16 Å². The van der Waals surface area contributed by atoms with E-state index in [1.165, 1.54) is 0 Å². The van der Waals surface area contributed by atoms with Gasteiger partial charge in [0.1, 0.15) is 19.0 Å². The summed E-state index contributed by atoms with van der Waals surface area (Å²) in [6.45, 7) is 4.61. The number of nitrogens with zero attached hydrogens (tertiary/aromatic N) is 1. The predicted molar refractivity (Wildman–Crippen MR) is 59.6 cm³/mol. The Morgan fingerprint density at radius 1 is 1.59 bits per heavy atom. The van der Waals surface area contributed by atoms with E-state index in [-0.39, 0.29) is 12.6 Å². The van der Waals surface area contributed by atoms with E-state index in [1.807, 2.05) is 20.8 Å². The first-order valence-electron chi connectivity index (χ1n) is 5.45. The van der Waals surface area contributed by atoms with Crippen LogP contribution in [0.2, 0.25) is 0 Å². The number of halogens is 1. The number of alkyl carbamates (subject to hydrolysis) is 1. The van der Waals surface area contributed by atoms with Gasteiger partial charge in [0, 0.05) is 11.6 Å². The second-order valence-electron chi connectivity index (χ2n) is 3.88. The number of ether oxygens (including phenoxy) is 1. The largest absolute Gasteiger partial charge is 0.447 e. The van der Waals surface area contributed by atoms with Crippen LogP contribution in [-0.4, -0.2) is 30.6 Å². The van der Waals surface area contributed by atoms with Gasteiger partial charge in [-0.05, 0) is 27.2 Å². The van der Waals surface area contributed by atoms with Crippen molar-refractivity contribution in [2.75, 3.05) is 13.3 Å². The molecule has 1 atom stereocenters. The van der Waals surface area contributed by atoms with Crippen LogP contribution in [0.4, 0.5) is 9.18 Å². The minimum absolute atomic E-state index is 0.126. The van der Waals surface area contributed by atoms with Gasteiger partial charge in [0.2, 0.25) is 0 Å². The molecule has 0 fully saturated rings. The molecule has 0 saturated heterocycles. The van der Waals surface area contributed by atoms with E-state index in [2.05, 4.69) is 15.2 Å². The number of hydrogen-bond acceptors (Lipinski definition) is 4. The van der Waals surface area contributed by atoms with Crippen LogP contribution in [0.25, 0.3) is 0 Å². The van der Waals surface area contributed by atoms with E-state index in [9.17, 15) is 9.18 Å². The molecule has 5 nitrogen and oxygen atoms in total. The molecule has 1 rings (SSSR count). The van der Waals surface area contributed by atoms with Crippen LogP contribution in [0.5, 0.6) is 0 Å². The van der Waals surface area contributed by atoms with Crippen molar-refractivity contribution in [1.82, 2.24) is 10.5 Å². The van der Waals surface area contributed by atoms with E-state index in [1.54, 1.807) is 0 Å². The first-order chi connectivity index (χ1) is 8.04. The van der Waals surface area contributed by atoms with E-state index >= 15 is 0 Å². The molecule has 0 aliphatic carbocycles. The number of nitrogens with one attached hydrogen (secondary N) is 1. The quantitative estimate of drug-likeness (QED) is 0.859. The number of alkyl halides is 1. The maximum atomic E-state index is 11.8. The predicted octanol–water partition coefficient (Wildman–Crippen LogP) is 1.92. The zero-order valence-electron chi connectivity index (χ0n) is 10.2. The number of carbonyl (C=O) groups excluding carboxylic acids is 1. The standard InChI is InChI=1S/C11H17FN2O3/c1-7(13-11(15)16-5-4-12)6-10-8(2)14-17-9(10)3/h7H,4-6H2,1-3H3,(H,13,15)/t7-/m0/s1. The summed E-state index contributed by atoms with van der Waals surface area (Å²) in [6, 6.07) is -0.126. The Bertz CT molecular complexity index is 359. The molecule has 1 heterocycles. The monoisotopic (exact) mass is 244 g/mol. The summed E-state index contributed by atoms with van der Waals surface area (Å²) in [5, 5.41) is 6.44. The molecule has 0 aliphatic heterocycles. The Labute approximate surface area is 99.3 Å². The van der Waals surface area contributed by atoms with Crippen LogP contribution in [0, 0.1) is 13.8 Å². The molecule has 0 aliphatic rings. The van der Waals surface area contributed by atoms with Gasteiger partial charge < -0.3 is 14.6 Å². The first kappa shape index (κ1) is 13.5. The van der Waals surface area contributed by atoms with E-state index in [4.69, 9.17) is 4.52 Å². The number of hydrogen-bond donors (Lipinski definition) is 1. The minimum Gasteiger partial charge on any atom is -0.447 e. The normalized spacial score (nSPS) is 12.2. The highest BCUT2D eigenvalue weighted by molar-refractivity contribution is 5.67. The molecule has 96 valence electrons. The van der Waals surface area contributed by atoms with Gasteiger partial charge in [0.05, 0.1) is 5.69 Å². The Morgan fingerprint density at radius 3 is 2.82 bits per heavy atom. The maximum absolute atomic E-state index is 11.8. The highest BCUT2D eigenvalue weighted by atomic mass is 19.1. The van der Waals surface area contributed by atoms with Crippen LogP contribution in [0.1, 0.15) is 23.9 Å². The SMILES string of the molecule is Cc1noc(C)c1C[C@H](C)NC(=O)OCCF. The molecule has 1 N–H and O–H groups in total. The third-order valence-corrected chi connectivity index (χ3v) is 2.37. The molecule has 6 heteroatoms. The van der Waals surface area contributed by atoms with E-state index in [0.29, 0.717) is 6.42 Å². The molecule has 0 unspecified atom stereocenters. The van der Waals surface area contributed by atoms with Gasteiger partial charge in [-0.2, -0.15) is 0 Å². The average molecular weight is 244 g/mol. The molecule has 1 aromatic heterocycles. The van der Waals surface area contributed by atoms with Gasteiger partial charge in [-0.3, -0.25) is 0 Å². The van der Waals surface area contributed by atoms with Crippen LogP contribution in [0.15, 0.2) is 4.52 Å². The highest BCUT2D eigenvalue weighted by Gasteiger charge is 2.14. The topological polar surface area (TPSA) is 64.4 Å². The van der Waals surface area contributed by atoms with Gasteiger partial charge in [-0.15, -0.1) is 0 Å². The molecule has 1 aromatic rings. The third-order valence-electron chi connectivity index (χ3n) is 2.37. The second kappa shape index (κ2) is 6.22. The van der Waals surface area contributed by atoms with Crippen LogP contribution < -0.4 is 5.32 Å². The van der Waals surface area contributed by atoms with E-state index in [0.717, 1.165) is 17.0 Å². The lowest BCUT2D eigenvalue weighted by Gasteiger charge is -2.13. The van der Waals surface area contributed by atoms with Crippen molar-refractivity contribution in [1.29, 1.82) is 0 Å². The van der Waals surface area contributed by atoms with E-state index < -0.39 is 12.8 Å². The lowest BCUT2D eigenvalue weighted by Crippen LogP contribution is -2.35. The Hall–Kier alpha value is -1.59. The summed E-state index contributed by atoms with van der Waals surface area (Å²) < 4.78 is 21.4. The third kappa shape index (κ3) is 4.05. The van der Waals surface area contributed by atoms with Gasteiger partial charge >= 0.3 is 6.09 Å². The van der Waals surface area contributed by atoms with Gasteiger partial charge in [0.15, 0.2) is 0 Å². The summed E-state index contributed by atoms with van der Waals surface area (Å²) in [5.74, 6) is 0.744. The Kier molecular flexibility index (Phi) is 4.93. The molecule has 17 heavy (non-hydrogen) atoms. The fraction of sp³-hybridized carbons (Fsp3) is 0.636. The lowest BCUT2D eigenvalue weighted by molar-refractivity contribution is 0.134. The summed E-state index contributed by atoms with van der Waals surface area (Å²) in [4.78, 5) is 11.2. The number of aromatic nitrogens is 1. The van der Waals surface area contributed by atoms with Gasteiger partial charge in [-0.25, -0.2) is 9.18 Å². The van der Waals surface area contributed by atoms with Crippen LogP contribution in [0.3, 0.4) is 0 Å². The number of carbonyl (C=O) groups is 1. The molecular formula is C11H17FN2O3. The molecule has 0 spiro atoms. The fourth-order valence-corrected chi connectivity index (χ4v) is 1.52. The number of aryl methyl sites for hydroxylation is 2. The lowest BCUT2D eigenvalue weighted by atomic mass is 10.1. The molecule has 1 amide bonds. The first-order valence-corrected chi connectivity index (χ1v) is 5.45. The minimum atomic E-state index is -0.675. The average Bonchev–Trinajstić information content (AvgIpc) is 2.58.